The van der Waals surface area contributed by atoms with Crippen molar-refractivity contribution in [2.75, 3.05) is 13.6 Å². The summed E-state index contributed by atoms with van der Waals surface area (Å²) in [6.07, 6.45) is 5.29. The fourth-order valence-electron chi connectivity index (χ4n) is 3.07. The molecule has 0 aromatic heterocycles. The molecule has 3 atom stereocenters. The number of carboxylic acid groups (broad SMARTS) is 1. The molecule has 1 amide bonds. The third kappa shape index (κ3) is 6.72. The number of ether oxygens (including phenoxy) is 1. The van der Waals surface area contributed by atoms with Gasteiger partial charge in [-0.3, -0.25) is 4.79 Å². The van der Waals surface area contributed by atoms with E-state index in [-0.39, 0.29) is 6.04 Å². The third-order valence-electron chi connectivity index (χ3n) is 4.25. The predicted octanol–water partition coefficient (Wildman–Crippen LogP) is 0.691. The number of nitrogens with one attached hydrogen (secondary N) is 1. The Morgan fingerprint density at radius 1 is 1.43 bits per heavy atom. The van der Waals surface area contributed by atoms with E-state index in [1.165, 1.54) is 37.1 Å². The highest BCUT2D eigenvalue weighted by molar-refractivity contribution is 5.69. The maximum Gasteiger partial charge on any atom is 0.424 e. The number of aliphatic hydroxyl groups is 1. The standard InChI is InChI=1S/C13H25N3O3.C2H4O2/c1-15-16-8-11(19-13(16)18)12(17)10(14)7-9-5-3-2-4-6-9;1-2(3)4/h9-12,15,17H,2-8,14H2,1H3;1H3,(H,3,4)/t10-,11-,12?;/m0./s1. The number of hydrazine groups is 1. The second-order valence-corrected chi connectivity index (χ2v) is 6.17. The molecule has 0 aromatic carbocycles. The molecule has 0 bridgehead atoms. The molecule has 1 aliphatic heterocycles. The molecule has 2 rings (SSSR count). The summed E-state index contributed by atoms with van der Waals surface area (Å²) in [7, 11) is 1.65. The monoisotopic (exact) mass is 331 g/mol. The van der Waals surface area contributed by atoms with Crippen molar-refractivity contribution in [3.8, 4) is 0 Å². The molecule has 1 aliphatic carbocycles. The zero-order valence-corrected chi connectivity index (χ0v) is 13.9. The SMILES string of the molecule is CC(=O)O.CNN1C[C@@H](C(O)[C@@H](N)CC2CCCCC2)OC1=O. The predicted molar refractivity (Wildman–Crippen MR) is 84.5 cm³/mol. The summed E-state index contributed by atoms with van der Waals surface area (Å²) in [5, 5.41) is 19.0. The molecular weight excluding hydrogens is 302 g/mol. The lowest BCUT2D eigenvalue weighted by Crippen LogP contribution is -2.46. The second-order valence-electron chi connectivity index (χ2n) is 6.17. The van der Waals surface area contributed by atoms with Crippen molar-refractivity contribution in [1.29, 1.82) is 0 Å². The van der Waals surface area contributed by atoms with E-state index in [2.05, 4.69) is 5.43 Å². The summed E-state index contributed by atoms with van der Waals surface area (Å²) in [6.45, 7) is 1.43. The van der Waals surface area contributed by atoms with Crippen molar-refractivity contribution >= 4 is 12.1 Å². The van der Waals surface area contributed by atoms with Crippen LogP contribution in [-0.4, -0.2) is 59.1 Å². The highest BCUT2D eigenvalue weighted by Crippen LogP contribution is 2.28. The molecule has 5 N–H and O–H groups in total. The van der Waals surface area contributed by atoms with Gasteiger partial charge in [-0.15, -0.1) is 0 Å². The van der Waals surface area contributed by atoms with Gasteiger partial charge >= 0.3 is 6.09 Å². The first-order chi connectivity index (χ1) is 10.8. The quantitative estimate of drug-likeness (QED) is 0.584. The van der Waals surface area contributed by atoms with E-state index in [0.29, 0.717) is 12.5 Å². The first-order valence-corrected chi connectivity index (χ1v) is 8.13. The maximum absolute atomic E-state index is 11.4. The van der Waals surface area contributed by atoms with Crippen LogP contribution in [0.15, 0.2) is 0 Å². The summed E-state index contributed by atoms with van der Waals surface area (Å²) in [5.74, 6) is -0.226. The van der Waals surface area contributed by atoms with Gasteiger partial charge in [0.15, 0.2) is 6.10 Å². The number of rotatable bonds is 5. The Balaban J connectivity index is 0.000000593. The molecule has 23 heavy (non-hydrogen) atoms. The van der Waals surface area contributed by atoms with Crippen molar-refractivity contribution in [2.24, 2.45) is 11.7 Å². The Labute approximate surface area is 136 Å². The Bertz CT molecular complexity index is 383. The Hall–Kier alpha value is -1.38. The summed E-state index contributed by atoms with van der Waals surface area (Å²) in [5.41, 5.74) is 8.81. The average molecular weight is 331 g/mol. The van der Waals surface area contributed by atoms with Gasteiger partial charge in [-0.2, -0.15) is 0 Å². The van der Waals surface area contributed by atoms with E-state index in [9.17, 15) is 9.90 Å². The molecule has 1 saturated carbocycles. The van der Waals surface area contributed by atoms with E-state index >= 15 is 0 Å². The smallest absolute Gasteiger partial charge is 0.424 e. The topological polar surface area (TPSA) is 125 Å². The molecule has 2 aliphatic rings. The van der Waals surface area contributed by atoms with E-state index in [1.54, 1.807) is 7.05 Å². The van der Waals surface area contributed by atoms with Gasteiger partial charge in [0, 0.05) is 20.0 Å². The highest BCUT2D eigenvalue weighted by atomic mass is 16.6. The molecule has 0 radical (unpaired) electrons. The molecule has 1 saturated heterocycles. The van der Waals surface area contributed by atoms with Gasteiger partial charge in [0.2, 0.25) is 0 Å². The Morgan fingerprint density at radius 2 is 2.00 bits per heavy atom. The van der Waals surface area contributed by atoms with Gasteiger partial charge in [0.05, 0.1) is 6.54 Å². The zero-order chi connectivity index (χ0) is 17.4. The maximum atomic E-state index is 11.4. The molecule has 1 heterocycles. The zero-order valence-electron chi connectivity index (χ0n) is 13.9. The molecule has 134 valence electrons. The van der Waals surface area contributed by atoms with E-state index < -0.39 is 24.3 Å². The fourth-order valence-corrected chi connectivity index (χ4v) is 3.07. The van der Waals surface area contributed by atoms with Crippen LogP contribution in [-0.2, 0) is 9.53 Å². The van der Waals surface area contributed by atoms with Gasteiger partial charge < -0.3 is 20.7 Å². The molecule has 0 spiro atoms. The van der Waals surface area contributed by atoms with Crippen molar-refractivity contribution < 1.29 is 24.5 Å². The van der Waals surface area contributed by atoms with Crippen molar-refractivity contribution in [3.05, 3.63) is 0 Å². The first kappa shape index (κ1) is 19.7. The minimum Gasteiger partial charge on any atom is -0.481 e. The minimum absolute atomic E-state index is 0.322. The van der Waals surface area contributed by atoms with Crippen LogP contribution >= 0.6 is 0 Å². The fraction of sp³-hybridized carbons (Fsp3) is 0.867. The van der Waals surface area contributed by atoms with Crippen LogP contribution in [0, 0.1) is 5.92 Å². The number of aliphatic carboxylic acids is 1. The van der Waals surface area contributed by atoms with Crippen LogP contribution in [0.5, 0.6) is 0 Å². The van der Waals surface area contributed by atoms with Crippen LogP contribution in [0.25, 0.3) is 0 Å². The number of hydrogen-bond acceptors (Lipinski definition) is 6. The lowest BCUT2D eigenvalue weighted by Gasteiger charge is -2.28. The molecular formula is C15H29N3O5. The van der Waals surface area contributed by atoms with E-state index in [0.717, 1.165) is 13.3 Å². The Kier molecular flexibility index (Phi) is 8.29. The molecule has 8 heteroatoms. The van der Waals surface area contributed by atoms with Gasteiger partial charge in [-0.05, 0) is 12.3 Å². The normalized spacial score (nSPS) is 24.4. The first-order valence-electron chi connectivity index (χ1n) is 8.13. The lowest BCUT2D eigenvalue weighted by atomic mass is 9.83. The number of aliphatic hydroxyl groups excluding tert-OH is 1. The Morgan fingerprint density at radius 3 is 2.48 bits per heavy atom. The number of cyclic esters (lactones) is 1. The van der Waals surface area contributed by atoms with Crippen molar-refractivity contribution in [3.63, 3.8) is 0 Å². The summed E-state index contributed by atoms with van der Waals surface area (Å²) in [6, 6.07) is -0.322. The largest absolute Gasteiger partial charge is 0.481 e. The second kappa shape index (κ2) is 9.69. The van der Waals surface area contributed by atoms with Crippen LogP contribution in [0.3, 0.4) is 0 Å². The number of hydrogen-bond donors (Lipinski definition) is 4. The molecule has 0 aromatic rings. The number of carboxylic acids is 1. The number of nitrogens with zero attached hydrogens (tertiary/aromatic N) is 1. The minimum atomic E-state index is -0.833. The molecule has 1 unspecified atom stereocenters. The van der Waals surface area contributed by atoms with Crippen LogP contribution < -0.4 is 11.2 Å². The van der Waals surface area contributed by atoms with E-state index in [4.69, 9.17) is 20.4 Å². The number of carbonyl (C=O) groups is 2. The average Bonchev–Trinajstić information content (AvgIpc) is 2.88. The van der Waals surface area contributed by atoms with Gasteiger partial charge in [0.1, 0.15) is 6.10 Å². The summed E-state index contributed by atoms with van der Waals surface area (Å²) < 4.78 is 5.13. The molecule has 8 nitrogen and oxygen atoms in total. The number of nitrogens with two attached hydrogens (primary N) is 1. The number of carbonyl (C=O) groups excluding carboxylic acids is 1. The van der Waals surface area contributed by atoms with Gasteiger partial charge in [0.25, 0.3) is 5.97 Å². The van der Waals surface area contributed by atoms with E-state index in [1.807, 2.05) is 0 Å². The summed E-state index contributed by atoms with van der Waals surface area (Å²) in [4.78, 5) is 20.4. The highest BCUT2D eigenvalue weighted by Gasteiger charge is 2.38. The number of amides is 1. The van der Waals surface area contributed by atoms with Crippen molar-refractivity contribution in [2.45, 2.75) is 63.7 Å². The summed E-state index contributed by atoms with van der Waals surface area (Å²) >= 11 is 0. The van der Waals surface area contributed by atoms with Crippen LogP contribution in [0.1, 0.15) is 45.4 Å². The van der Waals surface area contributed by atoms with Crippen LogP contribution in [0.2, 0.25) is 0 Å². The van der Waals surface area contributed by atoms with Crippen LogP contribution in [0.4, 0.5) is 4.79 Å². The molecule has 2 fully saturated rings. The van der Waals surface area contributed by atoms with Gasteiger partial charge in [-0.1, -0.05) is 32.1 Å². The van der Waals surface area contributed by atoms with Crippen molar-refractivity contribution in [1.82, 2.24) is 10.4 Å². The van der Waals surface area contributed by atoms with Gasteiger partial charge in [-0.25, -0.2) is 15.2 Å². The third-order valence-corrected chi connectivity index (χ3v) is 4.25. The lowest BCUT2D eigenvalue weighted by molar-refractivity contribution is -0.134.